The van der Waals surface area contributed by atoms with E-state index in [4.69, 9.17) is 4.74 Å². The Labute approximate surface area is 240 Å². The zero-order chi connectivity index (χ0) is 29.1. The predicted molar refractivity (Wildman–Crippen MR) is 159 cm³/mol. The number of piperazine rings is 1. The lowest BCUT2D eigenvalue weighted by Crippen LogP contribution is -2.60. The highest BCUT2D eigenvalue weighted by atomic mass is 16.6. The van der Waals surface area contributed by atoms with E-state index >= 15 is 0 Å². The smallest absolute Gasteiger partial charge is 0.410 e. The molecule has 0 spiro atoms. The summed E-state index contributed by atoms with van der Waals surface area (Å²) in [6, 6.07) is 10.7. The van der Waals surface area contributed by atoms with E-state index in [0.29, 0.717) is 32.5 Å². The van der Waals surface area contributed by atoms with Gasteiger partial charge in [-0.05, 0) is 62.5 Å². The monoisotopic (exact) mass is 551 g/mol. The number of rotatable bonds is 5. The maximum absolute atomic E-state index is 13.8. The summed E-state index contributed by atoms with van der Waals surface area (Å²) < 4.78 is 5.54. The number of nitrogens with zero attached hydrogens (tertiary/aromatic N) is 3. The molecule has 7 heteroatoms. The van der Waals surface area contributed by atoms with Crippen LogP contribution in [0, 0.1) is 11.3 Å². The molecule has 3 aliphatic rings. The van der Waals surface area contributed by atoms with Gasteiger partial charge in [0.05, 0.1) is 12.1 Å². The lowest BCUT2D eigenvalue weighted by Gasteiger charge is -2.50. The fourth-order valence-corrected chi connectivity index (χ4v) is 6.17. The highest BCUT2D eigenvalue weighted by Crippen LogP contribution is 2.37. The number of carbonyl (C=O) groups excluding carboxylic acids is 2. The number of amides is 2. The third kappa shape index (κ3) is 7.76. The van der Waals surface area contributed by atoms with Gasteiger partial charge in [0.2, 0.25) is 5.91 Å². The second-order valence-electron chi connectivity index (χ2n) is 13.8. The minimum atomic E-state index is -0.501. The third-order valence-corrected chi connectivity index (χ3v) is 8.36. The van der Waals surface area contributed by atoms with Crippen molar-refractivity contribution in [3.8, 4) is 0 Å². The van der Waals surface area contributed by atoms with Crippen LogP contribution in [0.15, 0.2) is 54.1 Å². The second-order valence-corrected chi connectivity index (χ2v) is 13.8. The maximum Gasteiger partial charge on any atom is 0.410 e. The molecule has 1 aliphatic carbocycles. The van der Waals surface area contributed by atoms with Gasteiger partial charge in [-0.25, -0.2) is 4.79 Å². The van der Waals surface area contributed by atoms with Crippen molar-refractivity contribution in [2.45, 2.75) is 91.0 Å². The third-order valence-electron chi connectivity index (χ3n) is 8.36. The molecular formula is C33H49N3O4. The first-order chi connectivity index (χ1) is 18.8. The van der Waals surface area contributed by atoms with Gasteiger partial charge in [-0.15, -0.1) is 0 Å². The normalized spacial score (nSPS) is 24.0. The first-order valence-electron chi connectivity index (χ1n) is 14.9. The molecule has 2 aliphatic heterocycles. The van der Waals surface area contributed by atoms with Crippen molar-refractivity contribution in [2.75, 3.05) is 32.7 Å². The van der Waals surface area contributed by atoms with Crippen LogP contribution >= 0.6 is 0 Å². The molecule has 40 heavy (non-hydrogen) atoms. The van der Waals surface area contributed by atoms with Crippen molar-refractivity contribution in [2.24, 2.45) is 11.3 Å². The number of benzene rings is 1. The summed E-state index contributed by atoms with van der Waals surface area (Å²) in [5, 5.41) is 10.0. The molecule has 2 saturated heterocycles. The quantitative estimate of drug-likeness (QED) is 0.518. The van der Waals surface area contributed by atoms with E-state index in [1.807, 2.05) is 32.9 Å². The summed E-state index contributed by atoms with van der Waals surface area (Å²) in [6.45, 7) is 15.9. The van der Waals surface area contributed by atoms with Gasteiger partial charge in [0, 0.05) is 45.2 Å². The van der Waals surface area contributed by atoms with E-state index in [9.17, 15) is 14.7 Å². The van der Waals surface area contributed by atoms with Crippen LogP contribution in [-0.4, -0.2) is 82.3 Å². The number of hydrogen-bond donors (Lipinski definition) is 1. The van der Waals surface area contributed by atoms with Gasteiger partial charge in [-0.3, -0.25) is 9.69 Å². The van der Waals surface area contributed by atoms with Crippen LogP contribution in [0.25, 0.3) is 0 Å². The van der Waals surface area contributed by atoms with Crippen LogP contribution in [0.1, 0.15) is 78.8 Å². The van der Waals surface area contributed by atoms with Gasteiger partial charge >= 0.3 is 6.09 Å². The average molecular weight is 552 g/mol. The topological polar surface area (TPSA) is 73.3 Å². The Hall–Kier alpha value is -2.64. The van der Waals surface area contributed by atoms with E-state index in [-0.39, 0.29) is 35.4 Å². The molecule has 2 unspecified atom stereocenters. The van der Waals surface area contributed by atoms with Gasteiger partial charge in [0.25, 0.3) is 0 Å². The van der Waals surface area contributed by atoms with Crippen molar-refractivity contribution in [3.05, 3.63) is 59.7 Å². The number of aliphatic hydroxyl groups is 1. The SMILES string of the molecule is CC(C)(C)OC(=O)N1CCC(CC(=O)N2CCN(C(C3=CCC(O)C=C3)c3ccccc3)C[C@@H]2C(C)(C)C)CC1. The summed E-state index contributed by atoms with van der Waals surface area (Å²) >= 11 is 0. The number of aliphatic hydroxyl groups excluding tert-OH is 1. The zero-order valence-corrected chi connectivity index (χ0v) is 25.3. The van der Waals surface area contributed by atoms with Gasteiger partial charge in [0.15, 0.2) is 0 Å². The average Bonchev–Trinajstić information content (AvgIpc) is 2.89. The Bertz CT molecular complexity index is 1080. The molecule has 0 aromatic heterocycles. The lowest BCUT2D eigenvalue weighted by atomic mass is 9.82. The fourth-order valence-electron chi connectivity index (χ4n) is 6.17. The lowest BCUT2D eigenvalue weighted by molar-refractivity contribution is -0.141. The first-order valence-corrected chi connectivity index (χ1v) is 14.9. The van der Waals surface area contributed by atoms with Gasteiger partial charge < -0.3 is 19.6 Å². The standard InChI is InChI=1S/C33H49N3O4/c1-32(2,3)28-23-35(30(25-10-8-7-9-11-25)26-12-14-27(37)15-13-26)20-21-36(28)29(38)22-24-16-18-34(19-17-24)31(39)40-33(4,5)6/h7-14,24,27-28,30,37H,15-23H2,1-6H3/t27?,28-,30?/m1/s1. The Balaban J connectivity index is 1.43. The highest BCUT2D eigenvalue weighted by molar-refractivity contribution is 5.77. The number of hydrogen-bond acceptors (Lipinski definition) is 5. The fraction of sp³-hybridized carbons (Fsp3) is 0.636. The first kappa shape index (κ1) is 30.3. The van der Waals surface area contributed by atoms with Crippen LogP contribution in [0.3, 0.4) is 0 Å². The van der Waals surface area contributed by atoms with Crippen molar-refractivity contribution < 1.29 is 19.4 Å². The van der Waals surface area contributed by atoms with Crippen molar-refractivity contribution in [3.63, 3.8) is 0 Å². The number of piperidine rings is 1. The Morgan fingerprint density at radius 2 is 1.68 bits per heavy atom. The number of carbonyl (C=O) groups is 2. The molecule has 0 bridgehead atoms. The number of ether oxygens (including phenoxy) is 1. The van der Waals surface area contributed by atoms with Gasteiger partial charge in [-0.2, -0.15) is 0 Å². The Kier molecular flexibility index (Phi) is 9.46. The van der Waals surface area contributed by atoms with Crippen LogP contribution in [0.4, 0.5) is 4.79 Å². The minimum absolute atomic E-state index is 0.0807. The second kappa shape index (κ2) is 12.5. The van der Waals surface area contributed by atoms with Crippen molar-refractivity contribution in [1.82, 2.24) is 14.7 Å². The number of likely N-dealkylation sites (tertiary alicyclic amines) is 1. The van der Waals surface area contributed by atoms with E-state index in [1.54, 1.807) is 4.90 Å². The highest BCUT2D eigenvalue weighted by Gasteiger charge is 2.41. The van der Waals surface area contributed by atoms with Crippen molar-refractivity contribution >= 4 is 12.0 Å². The summed E-state index contributed by atoms with van der Waals surface area (Å²) in [6.07, 6.45) is 8.25. The van der Waals surface area contributed by atoms with E-state index in [2.05, 4.69) is 67.0 Å². The van der Waals surface area contributed by atoms with Crippen LogP contribution in [0.2, 0.25) is 0 Å². The predicted octanol–water partition coefficient (Wildman–Crippen LogP) is 5.57. The van der Waals surface area contributed by atoms with Crippen LogP contribution in [-0.2, 0) is 9.53 Å². The molecule has 220 valence electrons. The molecule has 7 nitrogen and oxygen atoms in total. The minimum Gasteiger partial charge on any atom is -0.444 e. The molecule has 2 heterocycles. The molecule has 3 atom stereocenters. The Morgan fingerprint density at radius 3 is 2.25 bits per heavy atom. The molecule has 0 saturated carbocycles. The molecule has 2 fully saturated rings. The summed E-state index contributed by atoms with van der Waals surface area (Å²) in [4.78, 5) is 32.7. The zero-order valence-electron chi connectivity index (χ0n) is 25.3. The molecule has 0 radical (unpaired) electrons. The van der Waals surface area contributed by atoms with E-state index in [0.717, 1.165) is 25.9 Å². The van der Waals surface area contributed by atoms with E-state index < -0.39 is 11.7 Å². The molecular weight excluding hydrogens is 502 g/mol. The summed E-state index contributed by atoms with van der Waals surface area (Å²) in [5.74, 6) is 0.511. The van der Waals surface area contributed by atoms with Crippen LogP contribution < -0.4 is 0 Å². The summed E-state index contributed by atoms with van der Waals surface area (Å²) in [5.41, 5.74) is 1.86. The van der Waals surface area contributed by atoms with Gasteiger partial charge in [0.1, 0.15) is 5.60 Å². The molecule has 2 amide bonds. The summed E-state index contributed by atoms with van der Waals surface area (Å²) in [7, 11) is 0. The molecule has 1 aromatic carbocycles. The molecule has 4 rings (SSSR count). The van der Waals surface area contributed by atoms with Crippen LogP contribution in [0.5, 0.6) is 0 Å². The molecule has 1 N–H and O–H groups in total. The van der Waals surface area contributed by atoms with Crippen molar-refractivity contribution in [1.29, 1.82) is 0 Å². The van der Waals surface area contributed by atoms with E-state index in [1.165, 1.54) is 11.1 Å². The maximum atomic E-state index is 13.8. The van der Waals surface area contributed by atoms with Gasteiger partial charge in [-0.1, -0.05) is 69.3 Å². The molecule has 1 aromatic rings. The Morgan fingerprint density at radius 1 is 1.00 bits per heavy atom. The largest absolute Gasteiger partial charge is 0.444 e.